The molecule has 1 fully saturated rings. The van der Waals surface area contributed by atoms with Crippen LogP contribution in [0, 0.1) is 5.92 Å². The smallest absolute Gasteiger partial charge is 0.240 e. The molecule has 1 atom stereocenters. The van der Waals surface area contributed by atoms with E-state index in [1.807, 2.05) is 18.0 Å². The Morgan fingerprint density at radius 1 is 1.23 bits per heavy atom. The summed E-state index contributed by atoms with van der Waals surface area (Å²) in [4.78, 5) is 14.4. The molecule has 7 heteroatoms. The molecule has 1 unspecified atom stereocenters. The summed E-state index contributed by atoms with van der Waals surface area (Å²) >= 11 is 0. The normalized spacial score (nSPS) is 20.2. The highest BCUT2D eigenvalue weighted by Gasteiger charge is 2.25. The van der Waals surface area contributed by atoms with Crippen molar-refractivity contribution < 1.29 is 13.2 Å². The minimum Gasteiger partial charge on any atom is -0.342 e. The Balaban J connectivity index is 1.52. The van der Waals surface area contributed by atoms with Gasteiger partial charge in [-0.25, -0.2) is 13.1 Å². The fourth-order valence-electron chi connectivity index (χ4n) is 3.93. The van der Waals surface area contributed by atoms with Crippen LogP contribution in [0.5, 0.6) is 0 Å². The van der Waals surface area contributed by atoms with Crippen molar-refractivity contribution in [1.29, 1.82) is 0 Å². The van der Waals surface area contributed by atoms with Gasteiger partial charge in [0, 0.05) is 26.1 Å². The minimum atomic E-state index is -3.56. The molecule has 26 heavy (non-hydrogen) atoms. The first-order valence-electron chi connectivity index (χ1n) is 9.53. The number of hydrogen-bond donors (Lipinski definition) is 2. The van der Waals surface area contributed by atoms with Crippen molar-refractivity contribution in [3.05, 3.63) is 29.3 Å². The molecule has 1 saturated heterocycles. The van der Waals surface area contributed by atoms with E-state index in [1.165, 1.54) is 12.0 Å². The van der Waals surface area contributed by atoms with Crippen LogP contribution in [0.1, 0.15) is 36.8 Å². The van der Waals surface area contributed by atoms with Gasteiger partial charge in [-0.1, -0.05) is 6.07 Å². The van der Waals surface area contributed by atoms with Gasteiger partial charge < -0.3 is 10.2 Å². The first-order valence-corrected chi connectivity index (χ1v) is 11.0. The van der Waals surface area contributed by atoms with Gasteiger partial charge in [0.15, 0.2) is 0 Å². The number of carbonyl (C=O) groups is 1. The number of rotatable bonds is 7. The van der Waals surface area contributed by atoms with Gasteiger partial charge in [0.25, 0.3) is 0 Å². The third kappa shape index (κ3) is 4.64. The predicted molar refractivity (Wildman–Crippen MR) is 102 cm³/mol. The van der Waals surface area contributed by atoms with E-state index in [2.05, 4.69) is 10.0 Å². The van der Waals surface area contributed by atoms with Crippen LogP contribution in [-0.2, 0) is 27.7 Å². The second kappa shape index (κ2) is 8.50. The van der Waals surface area contributed by atoms with E-state index >= 15 is 0 Å². The Kier molecular flexibility index (Phi) is 6.32. The summed E-state index contributed by atoms with van der Waals surface area (Å²) in [5.74, 6) is 0.521. The monoisotopic (exact) mass is 379 g/mol. The zero-order valence-corrected chi connectivity index (χ0v) is 16.3. The zero-order chi connectivity index (χ0) is 18.6. The maximum Gasteiger partial charge on any atom is 0.240 e. The Bertz CT molecular complexity index is 748. The first kappa shape index (κ1) is 19.3. The fraction of sp³-hybridized carbons (Fsp3) is 0.632. The number of nitrogens with one attached hydrogen (secondary N) is 2. The third-order valence-electron chi connectivity index (χ3n) is 5.39. The van der Waals surface area contributed by atoms with Gasteiger partial charge in [-0.2, -0.15) is 0 Å². The van der Waals surface area contributed by atoms with Crippen LogP contribution in [0.25, 0.3) is 0 Å². The highest BCUT2D eigenvalue weighted by Crippen LogP contribution is 2.24. The van der Waals surface area contributed by atoms with Crippen LogP contribution in [0.2, 0.25) is 0 Å². The van der Waals surface area contributed by atoms with E-state index in [0.717, 1.165) is 50.9 Å². The molecule has 1 aliphatic heterocycles. The molecule has 2 N–H and O–H groups in total. The average molecular weight is 380 g/mol. The molecule has 1 aliphatic carbocycles. The number of benzene rings is 1. The van der Waals surface area contributed by atoms with Crippen molar-refractivity contribution in [2.75, 3.05) is 33.2 Å². The summed E-state index contributed by atoms with van der Waals surface area (Å²) in [6.07, 6.45) is 5.47. The highest BCUT2D eigenvalue weighted by atomic mass is 32.2. The van der Waals surface area contributed by atoms with Crippen molar-refractivity contribution >= 4 is 15.9 Å². The van der Waals surface area contributed by atoms with Gasteiger partial charge >= 0.3 is 0 Å². The predicted octanol–water partition coefficient (Wildman–Crippen LogP) is 1.30. The lowest BCUT2D eigenvalue weighted by Gasteiger charge is -2.18. The molecule has 0 radical (unpaired) electrons. The molecule has 6 nitrogen and oxygen atoms in total. The molecule has 0 spiro atoms. The molecule has 1 heterocycles. The summed E-state index contributed by atoms with van der Waals surface area (Å²) in [7, 11) is -1.65. The Hall–Kier alpha value is -1.44. The van der Waals surface area contributed by atoms with Gasteiger partial charge in [-0.05, 0) is 74.9 Å². The summed E-state index contributed by atoms with van der Waals surface area (Å²) in [5, 5.41) is 3.14. The molecule has 1 aromatic rings. The molecule has 2 aliphatic rings. The summed E-state index contributed by atoms with van der Waals surface area (Å²) in [6.45, 7) is 2.58. The van der Waals surface area contributed by atoms with E-state index in [4.69, 9.17) is 0 Å². The molecule has 0 bridgehead atoms. The molecular formula is C19H29N3O3S. The molecule has 1 amide bonds. The maximum atomic E-state index is 12.5. The van der Waals surface area contributed by atoms with Crippen LogP contribution in [-0.4, -0.2) is 52.5 Å². The second-order valence-electron chi connectivity index (χ2n) is 7.34. The van der Waals surface area contributed by atoms with Crippen molar-refractivity contribution in [2.24, 2.45) is 5.92 Å². The van der Waals surface area contributed by atoms with Crippen LogP contribution >= 0.6 is 0 Å². The number of fused-ring (bicyclic) bond motifs is 1. The number of carbonyl (C=O) groups excluding carboxylic acids is 1. The minimum absolute atomic E-state index is 0.0248. The first-order chi connectivity index (χ1) is 12.5. The van der Waals surface area contributed by atoms with Crippen molar-refractivity contribution in [3.63, 3.8) is 0 Å². The van der Waals surface area contributed by atoms with Gasteiger partial charge in [-0.3, -0.25) is 4.79 Å². The van der Waals surface area contributed by atoms with E-state index in [-0.39, 0.29) is 18.9 Å². The van der Waals surface area contributed by atoms with E-state index in [9.17, 15) is 13.2 Å². The molecule has 3 rings (SSSR count). The number of likely N-dealkylation sites (tertiary alicyclic amines) is 1. The van der Waals surface area contributed by atoms with Gasteiger partial charge in [0.1, 0.15) is 0 Å². The lowest BCUT2D eigenvalue weighted by molar-refractivity contribution is -0.130. The van der Waals surface area contributed by atoms with Crippen LogP contribution in [0.4, 0.5) is 0 Å². The lowest BCUT2D eigenvalue weighted by atomic mass is 9.92. The van der Waals surface area contributed by atoms with Crippen LogP contribution < -0.4 is 10.0 Å². The zero-order valence-electron chi connectivity index (χ0n) is 15.5. The largest absolute Gasteiger partial charge is 0.342 e. The topological polar surface area (TPSA) is 78.5 Å². The quantitative estimate of drug-likeness (QED) is 0.749. The Labute approximate surface area is 156 Å². The molecule has 0 saturated carbocycles. The number of nitrogens with zero attached hydrogens (tertiary/aromatic N) is 1. The molecular weight excluding hydrogens is 350 g/mol. The molecule has 1 aromatic carbocycles. The van der Waals surface area contributed by atoms with Crippen LogP contribution in [0.15, 0.2) is 23.1 Å². The van der Waals surface area contributed by atoms with Gasteiger partial charge in [-0.15, -0.1) is 0 Å². The van der Waals surface area contributed by atoms with E-state index < -0.39 is 10.0 Å². The fourth-order valence-corrected chi connectivity index (χ4v) is 5.01. The van der Waals surface area contributed by atoms with E-state index in [1.54, 1.807) is 12.1 Å². The lowest BCUT2D eigenvalue weighted by Crippen LogP contribution is -2.34. The third-order valence-corrected chi connectivity index (χ3v) is 6.85. The van der Waals surface area contributed by atoms with Crippen LogP contribution in [0.3, 0.4) is 0 Å². The average Bonchev–Trinajstić information content (AvgIpc) is 3.10. The van der Waals surface area contributed by atoms with Crippen molar-refractivity contribution in [3.8, 4) is 0 Å². The SMILES string of the molecule is CNCC1CCN(C(=O)CCNS(=O)(=O)c2ccc3c(c2)CCCC3)C1. The highest BCUT2D eigenvalue weighted by molar-refractivity contribution is 7.89. The van der Waals surface area contributed by atoms with Gasteiger partial charge in [0.2, 0.25) is 15.9 Å². The summed E-state index contributed by atoms with van der Waals surface area (Å²) < 4.78 is 27.6. The maximum absolute atomic E-state index is 12.5. The Morgan fingerprint density at radius 2 is 2.00 bits per heavy atom. The second-order valence-corrected chi connectivity index (χ2v) is 9.10. The standard InChI is InChI=1S/C19H29N3O3S/c1-20-13-15-9-11-22(14-15)19(23)8-10-21-26(24,25)18-7-6-16-4-2-3-5-17(16)12-18/h6-7,12,15,20-21H,2-5,8-11,13-14H2,1H3. The van der Waals surface area contributed by atoms with Crippen molar-refractivity contribution in [1.82, 2.24) is 14.9 Å². The van der Waals surface area contributed by atoms with Crippen molar-refractivity contribution in [2.45, 2.75) is 43.4 Å². The molecule has 144 valence electrons. The summed E-state index contributed by atoms with van der Waals surface area (Å²) in [6, 6.07) is 5.40. The summed E-state index contributed by atoms with van der Waals surface area (Å²) in [5.41, 5.74) is 2.40. The number of hydrogen-bond acceptors (Lipinski definition) is 4. The molecule has 0 aromatic heterocycles. The van der Waals surface area contributed by atoms with Gasteiger partial charge in [0.05, 0.1) is 4.90 Å². The number of aryl methyl sites for hydroxylation is 2. The number of amides is 1. The van der Waals surface area contributed by atoms with E-state index in [0.29, 0.717) is 10.8 Å². The Morgan fingerprint density at radius 3 is 2.77 bits per heavy atom. The number of sulfonamides is 1.